The summed E-state index contributed by atoms with van der Waals surface area (Å²) in [6.07, 6.45) is 11.7. The molecule has 128 valence electrons. The Hall–Kier alpha value is -2.70. The van der Waals surface area contributed by atoms with Gasteiger partial charge in [-0.3, -0.25) is 19.6 Å². The number of carbonyl (C=O) groups is 1. The summed E-state index contributed by atoms with van der Waals surface area (Å²) in [5, 5.41) is 11.5. The van der Waals surface area contributed by atoms with E-state index in [1.54, 1.807) is 6.20 Å². The van der Waals surface area contributed by atoms with Gasteiger partial charge >= 0.3 is 0 Å². The predicted molar refractivity (Wildman–Crippen MR) is 92.7 cm³/mol. The summed E-state index contributed by atoms with van der Waals surface area (Å²) in [6.45, 7) is 1.69. The van der Waals surface area contributed by atoms with Crippen molar-refractivity contribution in [2.75, 3.05) is 13.1 Å². The smallest absolute Gasteiger partial charge is 0.225 e. The molecule has 1 saturated carbocycles. The molecular weight excluding hydrogens is 316 g/mol. The lowest BCUT2D eigenvalue weighted by Gasteiger charge is -2.32. The van der Waals surface area contributed by atoms with Gasteiger partial charge in [0.15, 0.2) is 0 Å². The van der Waals surface area contributed by atoms with Crippen LogP contribution in [0.15, 0.2) is 30.9 Å². The highest BCUT2D eigenvalue weighted by molar-refractivity contribution is 5.81. The summed E-state index contributed by atoms with van der Waals surface area (Å²) >= 11 is 0. The zero-order valence-electron chi connectivity index (χ0n) is 13.9. The minimum absolute atomic E-state index is 0.317. The second-order valence-corrected chi connectivity index (χ2v) is 7.07. The molecule has 7 heteroatoms. The standard InChI is InChI=1S/C18H20N6O/c25-18(12-1-2-12)23-5-3-15(4-6-23)24-11-14(9-21-24)13-7-16-17(19-8-13)10-20-22-16/h7-12,15H,1-6H2,(H,20,22). The largest absolute Gasteiger partial charge is 0.342 e. The predicted octanol–water partition coefficient (Wildman–Crippen LogP) is 2.39. The highest BCUT2D eigenvalue weighted by Crippen LogP contribution is 2.33. The number of aromatic nitrogens is 5. The average molecular weight is 336 g/mol. The van der Waals surface area contributed by atoms with Crippen LogP contribution in [-0.2, 0) is 4.79 Å². The van der Waals surface area contributed by atoms with E-state index in [1.165, 1.54) is 0 Å². The monoisotopic (exact) mass is 336 g/mol. The van der Waals surface area contributed by atoms with Crippen molar-refractivity contribution < 1.29 is 4.79 Å². The lowest BCUT2D eigenvalue weighted by atomic mass is 10.0. The van der Waals surface area contributed by atoms with Gasteiger partial charge < -0.3 is 4.90 Å². The maximum absolute atomic E-state index is 12.2. The van der Waals surface area contributed by atoms with E-state index in [2.05, 4.69) is 26.5 Å². The van der Waals surface area contributed by atoms with Crippen LogP contribution in [0.1, 0.15) is 31.7 Å². The number of aromatic amines is 1. The Bertz CT molecular complexity index is 916. The number of piperidine rings is 1. The summed E-state index contributed by atoms with van der Waals surface area (Å²) in [6, 6.07) is 2.41. The van der Waals surface area contributed by atoms with Gasteiger partial charge in [-0.25, -0.2) is 0 Å². The molecule has 3 aromatic heterocycles. The number of nitrogens with zero attached hydrogens (tertiary/aromatic N) is 5. The average Bonchev–Trinajstić information content (AvgIpc) is 3.19. The number of fused-ring (bicyclic) bond motifs is 1. The topological polar surface area (TPSA) is 79.7 Å². The van der Waals surface area contributed by atoms with Crippen molar-refractivity contribution in [3.8, 4) is 11.1 Å². The van der Waals surface area contributed by atoms with Crippen molar-refractivity contribution in [2.45, 2.75) is 31.7 Å². The molecule has 0 spiro atoms. The van der Waals surface area contributed by atoms with Crippen molar-refractivity contribution >= 4 is 16.9 Å². The van der Waals surface area contributed by atoms with Crippen LogP contribution in [0.3, 0.4) is 0 Å². The third kappa shape index (κ3) is 2.69. The highest BCUT2D eigenvalue weighted by atomic mass is 16.2. The third-order valence-corrected chi connectivity index (χ3v) is 5.30. The van der Waals surface area contributed by atoms with Gasteiger partial charge in [-0.1, -0.05) is 0 Å². The third-order valence-electron chi connectivity index (χ3n) is 5.30. The van der Waals surface area contributed by atoms with E-state index in [1.807, 2.05) is 28.0 Å². The van der Waals surface area contributed by atoms with Gasteiger partial charge in [0.25, 0.3) is 0 Å². The molecule has 1 saturated heterocycles. The molecule has 1 aliphatic carbocycles. The number of nitrogens with one attached hydrogen (secondary N) is 1. The second-order valence-electron chi connectivity index (χ2n) is 7.07. The van der Waals surface area contributed by atoms with E-state index in [0.29, 0.717) is 17.9 Å². The Balaban J connectivity index is 1.30. The van der Waals surface area contributed by atoms with Gasteiger partial charge in [0.05, 0.1) is 24.0 Å². The number of carbonyl (C=O) groups excluding carboxylic acids is 1. The Morgan fingerprint density at radius 1 is 1.08 bits per heavy atom. The minimum atomic E-state index is 0.317. The zero-order valence-corrected chi connectivity index (χ0v) is 13.9. The van der Waals surface area contributed by atoms with Crippen LogP contribution < -0.4 is 0 Å². The van der Waals surface area contributed by atoms with Gasteiger partial charge in [0.2, 0.25) is 5.91 Å². The van der Waals surface area contributed by atoms with Crippen LogP contribution in [0.2, 0.25) is 0 Å². The molecule has 7 nitrogen and oxygen atoms in total. The minimum Gasteiger partial charge on any atom is -0.342 e. The summed E-state index contributed by atoms with van der Waals surface area (Å²) < 4.78 is 2.05. The van der Waals surface area contributed by atoms with E-state index in [-0.39, 0.29) is 0 Å². The molecule has 2 aliphatic rings. The Kier molecular flexibility index (Phi) is 3.33. The molecule has 1 amide bonds. The van der Waals surface area contributed by atoms with Crippen LogP contribution in [0.25, 0.3) is 22.2 Å². The number of H-pyrrole nitrogens is 1. The normalized spacial score (nSPS) is 18.8. The number of likely N-dealkylation sites (tertiary alicyclic amines) is 1. The van der Waals surface area contributed by atoms with Gasteiger partial charge in [-0.2, -0.15) is 10.2 Å². The first-order valence-corrected chi connectivity index (χ1v) is 8.90. The van der Waals surface area contributed by atoms with Crippen LogP contribution in [0, 0.1) is 5.92 Å². The number of hydrogen-bond acceptors (Lipinski definition) is 4. The zero-order chi connectivity index (χ0) is 16.8. The molecule has 0 aromatic carbocycles. The Labute approximate surface area is 145 Å². The van der Waals surface area contributed by atoms with Crippen molar-refractivity contribution in [1.29, 1.82) is 0 Å². The lowest BCUT2D eigenvalue weighted by molar-refractivity contribution is -0.133. The number of amides is 1. The maximum Gasteiger partial charge on any atom is 0.225 e. The van der Waals surface area contributed by atoms with E-state index in [0.717, 1.165) is 60.9 Å². The van der Waals surface area contributed by atoms with Gasteiger partial charge in [-0.15, -0.1) is 0 Å². The molecule has 0 unspecified atom stereocenters. The first kappa shape index (κ1) is 14.6. The number of pyridine rings is 1. The van der Waals surface area contributed by atoms with Crippen molar-refractivity contribution in [2.24, 2.45) is 5.92 Å². The molecule has 0 bridgehead atoms. The van der Waals surface area contributed by atoms with Crippen LogP contribution in [0.4, 0.5) is 0 Å². The van der Waals surface area contributed by atoms with E-state index in [9.17, 15) is 4.79 Å². The molecular formula is C18H20N6O. The second kappa shape index (κ2) is 5.68. The molecule has 3 aromatic rings. The van der Waals surface area contributed by atoms with E-state index < -0.39 is 0 Å². The molecule has 25 heavy (non-hydrogen) atoms. The van der Waals surface area contributed by atoms with Crippen LogP contribution in [0.5, 0.6) is 0 Å². The fourth-order valence-corrected chi connectivity index (χ4v) is 3.61. The molecule has 1 aliphatic heterocycles. The summed E-state index contributed by atoms with van der Waals surface area (Å²) in [4.78, 5) is 18.6. The highest BCUT2D eigenvalue weighted by Gasteiger charge is 2.35. The first-order chi connectivity index (χ1) is 12.3. The first-order valence-electron chi connectivity index (χ1n) is 8.90. The van der Waals surface area contributed by atoms with Gasteiger partial charge in [0.1, 0.15) is 5.52 Å². The number of hydrogen-bond donors (Lipinski definition) is 1. The Morgan fingerprint density at radius 2 is 1.92 bits per heavy atom. The lowest BCUT2D eigenvalue weighted by Crippen LogP contribution is -2.39. The fourth-order valence-electron chi connectivity index (χ4n) is 3.61. The van der Waals surface area contributed by atoms with E-state index in [4.69, 9.17) is 0 Å². The van der Waals surface area contributed by atoms with Gasteiger partial charge in [0, 0.05) is 42.5 Å². The van der Waals surface area contributed by atoms with Gasteiger partial charge in [-0.05, 0) is 31.7 Å². The quantitative estimate of drug-likeness (QED) is 0.796. The van der Waals surface area contributed by atoms with Crippen molar-refractivity contribution in [3.63, 3.8) is 0 Å². The maximum atomic E-state index is 12.2. The molecule has 0 radical (unpaired) electrons. The molecule has 0 atom stereocenters. The van der Waals surface area contributed by atoms with Crippen molar-refractivity contribution in [3.05, 3.63) is 30.9 Å². The molecule has 5 rings (SSSR count). The molecule has 2 fully saturated rings. The number of rotatable bonds is 3. The SMILES string of the molecule is O=C(C1CC1)N1CCC(n2cc(-c3cnc4cn[nH]c4c3)cn2)CC1. The van der Waals surface area contributed by atoms with Crippen LogP contribution in [-0.4, -0.2) is 48.9 Å². The summed E-state index contributed by atoms with van der Waals surface area (Å²) in [7, 11) is 0. The van der Waals surface area contributed by atoms with E-state index >= 15 is 0 Å². The molecule has 1 N–H and O–H groups in total. The summed E-state index contributed by atoms with van der Waals surface area (Å²) in [5.41, 5.74) is 3.88. The fraction of sp³-hybridized carbons (Fsp3) is 0.444. The van der Waals surface area contributed by atoms with Crippen molar-refractivity contribution in [1.82, 2.24) is 29.9 Å². The summed E-state index contributed by atoms with van der Waals surface area (Å²) in [5.74, 6) is 0.677. The van der Waals surface area contributed by atoms with Crippen LogP contribution >= 0.6 is 0 Å². The Morgan fingerprint density at radius 3 is 2.72 bits per heavy atom. The molecule has 4 heterocycles.